The van der Waals surface area contributed by atoms with Crippen molar-refractivity contribution in [2.75, 3.05) is 13.7 Å². The summed E-state index contributed by atoms with van der Waals surface area (Å²) in [4.78, 5) is 37.5. The molecular weight excluding hydrogens is 584 g/mol. The molecule has 2 rings (SSSR count). The van der Waals surface area contributed by atoms with Crippen LogP contribution < -0.4 is 4.74 Å². The summed E-state index contributed by atoms with van der Waals surface area (Å²) in [7, 11) is 1.22. The summed E-state index contributed by atoms with van der Waals surface area (Å²) in [5.41, 5.74) is 0.765. The molecule has 138 valence electrons. The fourth-order valence-electron chi connectivity index (χ4n) is 2.18. The molecule has 9 heteroatoms. The first kappa shape index (κ1) is 21.2. The number of esters is 1. The molecular formula is C17H15I2NO5S. The van der Waals surface area contributed by atoms with Crippen LogP contribution in [-0.4, -0.2) is 41.8 Å². The summed E-state index contributed by atoms with van der Waals surface area (Å²) in [5.74, 6) is -0.396. The molecule has 0 spiro atoms. The van der Waals surface area contributed by atoms with E-state index in [-0.39, 0.29) is 4.91 Å². The fraction of sp³-hybridized carbons (Fsp3) is 0.235. The topological polar surface area (TPSA) is 72.9 Å². The average molecular weight is 599 g/mol. The van der Waals surface area contributed by atoms with Crippen LogP contribution in [0.25, 0.3) is 6.08 Å². The highest BCUT2D eigenvalue weighted by atomic mass is 127. The maximum absolute atomic E-state index is 12.5. The Balaban J connectivity index is 2.30. The number of ether oxygens (including phenoxy) is 2. The monoisotopic (exact) mass is 599 g/mol. The summed E-state index contributed by atoms with van der Waals surface area (Å²) < 4.78 is 12.0. The van der Waals surface area contributed by atoms with Gasteiger partial charge in [-0.1, -0.05) is 12.7 Å². The van der Waals surface area contributed by atoms with Crippen LogP contribution in [0.1, 0.15) is 12.5 Å². The summed E-state index contributed by atoms with van der Waals surface area (Å²) in [6.07, 6.45) is 3.30. The number of carbonyl (C=O) groups is 3. The Kier molecular flexibility index (Phi) is 7.52. The number of hydrogen-bond acceptors (Lipinski definition) is 6. The van der Waals surface area contributed by atoms with Crippen molar-refractivity contribution in [3.63, 3.8) is 0 Å². The molecule has 26 heavy (non-hydrogen) atoms. The van der Waals surface area contributed by atoms with Crippen molar-refractivity contribution in [2.24, 2.45) is 0 Å². The van der Waals surface area contributed by atoms with Crippen molar-refractivity contribution in [3.8, 4) is 5.75 Å². The number of methoxy groups -OCH3 is 1. The number of imide groups is 1. The van der Waals surface area contributed by atoms with E-state index in [1.54, 1.807) is 12.2 Å². The van der Waals surface area contributed by atoms with Crippen molar-refractivity contribution in [1.29, 1.82) is 0 Å². The Hall–Kier alpha value is -1.08. The standard InChI is InChI=1S/C17H15I2NO5S/c1-4-5-25-14-11(18)6-10(7-12(14)19)8-13-15(21)20(17(23)26-13)9(2)16(22)24-3/h4,6-9H,1,5H2,2-3H3/b13-8+/t9-/m1/s1. The number of hydrogen-bond donors (Lipinski definition) is 0. The number of amides is 2. The zero-order valence-electron chi connectivity index (χ0n) is 14.0. The lowest BCUT2D eigenvalue weighted by molar-refractivity contribution is -0.148. The molecule has 6 nitrogen and oxygen atoms in total. The first-order valence-electron chi connectivity index (χ1n) is 7.37. The van der Waals surface area contributed by atoms with Gasteiger partial charge in [0.2, 0.25) is 0 Å². The van der Waals surface area contributed by atoms with Gasteiger partial charge in [0.15, 0.2) is 0 Å². The van der Waals surface area contributed by atoms with Crippen LogP contribution in [0.5, 0.6) is 5.75 Å². The number of thioether (sulfide) groups is 1. The zero-order valence-corrected chi connectivity index (χ0v) is 19.1. The molecule has 1 aromatic rings. The van der Waals surface area contributed by atoms with Gasteiger partial charge in [-0.25, -0.2) is 4.79 Å². The molecule has 0 saturated carbocycles. The minimum absolute atomic E-state index is 0.261. The smallest absolute Gasteiger partial charge is 0.328 e. The molecule has 0 bridgehead atoms. The van der Waals surface area contributed by atoms with Crippen molar-refractivity contribution < 1.29 is 23.9 Å². The summed E-state index contributed by atoms with van der Waals surface area (Å²) in [5, 5.41) is -0.491. The minimum atomic E-state index is -0.964. The van der Waals surface area contributed by atoms with Crippen LogP contribution >= 0.6 is 56.9 Å². The first-order chi connectivity index (χ1) is 12.3. The SMILES string of the molecule is C=CCOc1c(I)cc(/C=C2/SC(=O)N([C@H](C)C(=O)OC)C2=O)cc1I. The van der Waals surface area contributed by atoms with Crippen molar-refractivity contribution in [3.05, 3.63) is 42.4 Å². The van der Waals surface area contributed by atoms with E-state index in [4.69, 9.17) is 4.74 Å². The quantitative estimate of drug-likeness (QED) is 0.213. The van der Waals surface area contributed by atoms with Gasteiger partial charge in [-0.3, -0.25) is 14.5 Å². The second kappa shape index (κ2) is 9.22. The minimum Gasteiger partial charge on any atom is -0.487 e. The predicted octanol–water partition coefficient (Wildman–Crippen LogP) is 4.06. The Morgan fingerprint density at radius 2 is 1.96 bits per heavy atom. The Morgan fingerprint density at radius 3 is 2.50 bits per heavy atom. The maximum atomic E-state index is 12.5. The molecule has 0 aliphatic carbocycles. The van der Waals surface area contributed by atoms with E-state index in [1.165, 1.54) is 14.0 Å². The third kappa shape index (κ3) is 4.60. The van der Waals surface area contributed by atoms with Gasteiger partial charge in [-0.15, -0.1) is 0 Å². The van der Waals surface area contributed by atoms with E-state index >= 15 is 0 Å². The fourth-order valence-corrected chi connectivity index (χ4v) is 5.22. The highest BCUT2D eigenvalue weighted by molar-refractivity contribution is 14.1. The van der Waals surface area contributed by atoms with Gasteiger partial charge in [-0.2, -0.15) is 0 Å². The van der Waals surface area contributed by atoms with Crippen molar-refractivity contribution in [1.82, 2.24) is 4.90 Å². The van der Waals surface area contributed by atoms with Crippen molar-refractivity contribution in [2.45, 2.75) is 13.0 Å². The Bertz CT molecular complexity index is 785. The van der Waals surface area contributed by atoms with Gasteiger partial charge in [0.05, 0.1) is 19.2 Å². The van der Waals surface area contributed by atoms with E-state index in [9.17, 15) is 14.4 Å². The van der Waals surface area contributed by atoms with E-state index < -0.39 is 23.2 Å². The molecule has 1 heterocycles. The highest BCUT2D eigenvalue weighted by Crippen LogP contribution is 2.35. The van der Waals surface area contributed by atoms with Gasteiger partial charge in [0.1, 0.15) is 18.4 Å². The highest BCUT2D eigenvalue weighted by Gasteiger charge is 2.41. The molecule has 0 aromatic heterocycles. The van der Waals surface area contributed by atoms with Crippen LogP contribution in [0.3, 0.4) is 0 Å². The number of carbonyl (C=O) groups excluding carboxylic acids is 3. The molecule has 1 saturated heterocycles. The first-order valence-corrected chi connectivity index (χ1v) is 10.3. The third-order valence-electron chi connectivity index (χ3n) is 3.42. The zero-order chi connectivity index (χ0) is 19.4. The number of benzene rings is 1. The molecule has 1 aliphatic rings. The van der Waals surface area contributed by atoms with Crippen LogP contribution in [0.2, 0.25) is 0 Å². The number of rotatable bonds is 6. The van der Waals surface area contributed by atoms with E-state index in [0.29, 0.717) is 6.61 Å². The molecule has 0 unspecified atom stereocenters. The van der Waals surface area contributed by atoms with Crippen LogP contribution in [0, 0.1) is 7.14 Å². The van der Waals surface area contributed by atoms with Gasteiger partial charge < -0.3 is 9.47 Å². The molecule has 1 aromatic carbocycles. The lowest BCUT2D eigenvalue weighted by Gasteiger charge is -2.18. The molecule has 1 fully saturated rings. The molecule has 1 atom stereocenters. The van der Waals surface area contributed by atoms with Gasteiger partial charge >= 0.3 is 5.97 Å². The van der Waals surface area contributed by atoms with Crippen LogP contribution in [0.4, 0.5) is 4.79 Å². The number of halogens is 2. The molecule has 2 amide bonds. The lowest BCUT2D eigenvalue weighted by atomic mass is 10.2. The Morgan fingerprint density at radius 1 is 1.35 bits per heavy atom. The third-order valence-corrected chi connectivity index (χ3v) is 5.90. The Labute approximate surface area is 182 Å². The van der Waals surface area contributed by atoms with Gasteiger partial charge in [0.25, 0.3) is 11.1 Å². The van der Waals surface area contributed by atoms with E-state index in [1.807, 2.05) is 12.1 Å². The van der Waals surface area contributed by atoms with Crippen molar-refractivity contribution >= 4 is 80.1 Å². The van der Waals surface area contributed by atoms with Crippen LogP contribution in [-0.2, 0) is 14.3 Å². The van der Waals surface area contributed by atoms with Crippen LogP contribution in [0.15, 0.2) is 29.7 Å². The average Bonchev–Trinajstić information content (AvgIpc) is 2.86. The molecule has 1 aliphatic heterocycles. The van der Waals surface area contributed by atoms with E-state index in [0.717, 1.165) is 35.1 Å². The predicted molar refractivity (Wildman–Crippen MR) is 117 cm³/mol. The maximum Gasteiger partial charge on any atom is 0.328 e. The van der Waals surface area contributed by atoms with E-state index in [2.05, 4.69) is 56.5 Å². The second-order valence-corrected chi connectivity index (χ2v) is 8.48. The summed E-state index contributed by atoms with van der Waals surface area (Å²) in [6.45, 7) is 5.49. The van der Waals surface area contributed by atoms with Gasteiger partial charge in [0, 0.05) is 0 Å². The second-order valence-electron chi connectivity index (χ2n) is 5.16. The number of nitrogens with zero attached hydrogens (tertiary/aromatic N) is 1. The lowest BCUT2D eigenvalue weighted by Crippen LogP contribution is -2.42. The molecule has 0 N–H and O–H groups in total. The largest absolute Gasteiger partial charge is 0.487 e. The summed E-state index contributed by atoms with van der Waals surface area (Å²) in [6, 6.07) is 2.76. The van der Waals surface area contributed by atoms with Gasteiger partial charge in [-0.05, 0) is 87.6 Å². The molecule has 0 radical (unpaired) electrons. The summed E-state index contributed by atoms with van der Waals surface area (Å²) >= 11 is 5.11. The normalized spacial score (nSPS) is 16.8.